The number of carbonyl (C=O) groups excluding carboxylic acids is 1. The molecular formula is C26H22N6O3S. The first kappa shape index (κ1) is 23.3. The van der Waals surface area contributed by atoms with E-state index in [1.54, 1.807) is 24.9 Å². The second kappa shape index (κ2) is 11.3. The van der Waals surface area contributed by atoms with E-state index in [2.05, 4.69) is 25.5 Å². The fraction of sp³-hybridized carbons (Fsp3) is 0.115. The lowest BCUT2D eigenvalue weighted by Gasteiger charge is -2.09. The smallest absolute Gasteiger partial charge is 0.234 e. The lowest BCUT2D eigenvalue weighted by Crippen LogP contribution is -2.14. The maximum Gasteiger partial charge on any atom is 0.234 e. The Bertz CT molecular complexity index is 1390. The largest absolute Gasteiger partial charge is 0.489 e. The van der Waals surface area contributed by atoms with Gasteiger partial charge in [0.25, 0.3) is 0 Å². The summed E-state index contributed by atoms with van der Waals surface area (Å²) < 4.78 is 13.2. The van der Waals surface area contributed by atoms with Crippen LogP contribution in [0.4, 0.5) is 5.69 Å². The second-order valence-electron chi connectivity index (χ2n) is 7.70. The normalized spacial score (nSPS) is 10.8. The highest BCUT2D eigenvalue weighted by atomic mass is 32.2. The number of carbonyl (C=O) groups is 1. The molecule has 0 aliphatic carbocycles. The van der Waals surface area contributed by atoms with Gasteiger partial charge in [-0.2, -0.15) is 0 Å². The summed E-state index contributed by atoms with van der Waals surface area (Å²) in [4.78, 5) is 21.1. The molecule has 0 aliphatic rings. The van der Waals surface area contributed by atoms with Crippen LogP contribution >= 0.6 is 11.8 Å². The van der Waals surface area contributed by atoms with Crippen LogP contribution in [0.5, 0.6) is 5.75 Å². The number of thioether (sulfide) groups is 1. The van der Waals surface area contributed by atoms with Crippen LogP contribution < -0.4 is 10.1 Å². The Labute approximate surface area is 211 Å². The van der Waals surface area contributed by atoms with E-state index < -0.39 is 0 Å². The molecule has 9 nitrogen and oxygen atoms in total. The molecule has 0 atom stereocenters. The third-order valence-electron chi connectivity index (χ3n) is 5.12. The molecule has 0 aliphatic heterocycles. The molecule has 0 spiro atoms. The van der Waals surface area contributed by atoms with Crippen LogP contribution in [0.1, 0.15) is 11.3 Å². The molecule has 5 rings (SSSR count). The highest BCUT2D eigenvalue weighted by Gasteiger charge is 2.18. The van der Waals surface area contributed by atoms with Crippen molar-refractivity contribution >= 4 is 23.4 Å². The zero-order valence-corrected chi connectivity index (χ0v) is 20.0. The summed E-state index contributed by atoms with van der Waals surface area (Å²) >= 11 is 1.28. The minimum absolute atomic E-state index is 0.156. The van der Waals surface area contributed by atoms with Gasteiger partial charge in [-0.05, 0) is 42.0 Å². The van der Waals surface area contributed by atoms with Crippen LogP contribution in [-0.4, -0.2) is 36.4 Å². The first-order valence-corrected chi connectivity index (χ1v) is 12.1. The van der Waals surface area contributed by atoms with Gasteiger partial charge in [0.15, 0.2) is 11.0 Å². The Balaban J connectivity index is 1.20. The summed E-state index contributed by atoms with van der Waals surface area (Å²) in [6.07, 6.45) is 6.43. The molecule has 2 aromatic carbocycles. The van der Waals surface area contributed by atoms with Crippen molar-refractivity contribution in [3.63, 3.8) is 0 Å². The monoisotopic (exact) mass is 498 g/mol. The van der Waals surface area contributed by atoms with Crippen molar-refractivity contribution in [2.75, 3.05) is 11.1 Å². The van der Waals surface area contributed by atoms with Crippen molar-refractivity contribution < 1.29 is 13.9 Å². The number of rotatable bonds is 10. The van der Waals surface area contributed by atoms with Crippen molar-refractivity contribution in [2.45, 2.75) is 18.3 Å². The molecular weight excluding hydrogens is 476 g/mol. The predicted molar refractivity (Wildman–Crippen MR) is 135 cm³/mol. The van der Waals surface area contributed by atoms with Crippen LogP contribution in [0.15, 0.2) is 101 Å². The number of ether oxygens (including phenoxy) is 1. The van der Waals surface area contributed by atoms with E-state index in [1.165, 1.54) is 11.8 Å². The molecule has 1 amide bonds. The number of hydrogen-bond acceptors (Lipinski definition) is 8. The van der Waals surface area contributed by atoms with Crippen molar-refractivity contribution in [2.24, 2.45) is 0 Å². The predicted octanol–water partition coefficient (Wildman–Crippen LogP) is 4.69. The molecule has 1 N–H and O–H groups in total. The summed E-state index contributed by atoms with van der Waals surface area (Å²) in [5.41, 5.74) is 2.36. The van der Waals surface area contributed by atoms with E-state index in [0.29, 0.717) is 35.5 Å². The van der Waals surface area contributed by atoms with Gasteiger partial charge in [0.1, 0.15) is 23.8 Å². The standard InChI is InChI=1S/C26H22N6O3S/c33-24(29-20-8-10-21(11-9-20)35-17-19-5-2-1-3-6-19)18-36-26-31-30-25(23-15-27-12-13-28-23)32(26)16-22-7-4-14-34-22/h1-15H,16-18H2,(H,29,33). The Morgan fingerprint density at radius 3 is 2.61 bits per heavy atom. The average Bonchev–Trinajstić information content (AvgIpc) is 3.59. The van der Waals surface area contributed by atoms with E-state index in [1.807, 2.05) is 71.3 Å². The molecule has 36 heavy (non-hydrogen) atoms. The molecule has 0 saturated heterocycles. The Morgan fingerprint density at radius 2 is 1.86 bits per heavy atom. The maximum atomic E-state index is 12.6. The van der Waals surface area contributed by atoms with Gasteiger partial charge in [0.05, 0.1) is 24.8 Å². The third-order valence-corrected chi connectivity index (χ3v) is 6.09. The minimum Gasteiger partial charge on any atom is -0.489 e. The number of anilines is 1. The van der Waals surface area contributed by atoms with E-state index in [-0.39, 0.29) is 11.7 Å². The van der Waals surface area contributed by atoms with Gasteiger partial charge >= 0.3 is 0 Å². The van der Waals surface area contributed by atoms with Crippen molar-refractivity contribution in [1.29, 1.82) is 0 Å². The molecule has 5 aromatic rings. The zero-order valence-electron chi connectivity index (χ0n) is 19.2. The number of nitrogens with zero attached hydrogens (tertiary/aromatic N) is 5. The summed E-state index contributed by atoms with van der Waals surface area (Å²) in [6.45, 7) is 0.888. The number of aromatic nitrogens is 5. The van der Waals surface area contributed by atoms with Gasteiger partial charge in [-0.15, -0.1) is 10.2 Å². The van der Waals surface area contributed by atoms with Gasteiger partial charge in [0, 0.05) is 18.1 Å². The quantitative estimate of drug-likeness (QED) is 0.276. The van der Waals surface area contributed by atoms with Gasteiger partial charge in [0.2, 0.25) is 5.91 Å². The Kier molecular flexibility index (Phi) is 7.33. The van der Waals surface area contributed by atoms with Crippen LogP contribution in [0.3, 0.4) is 0 Å². The van der Waals surface area contributed by atoms with Crippen LogP contribution in [0.2, 0.25) is 0 Å². The Morgan fingerprint density at radius 1 is 1.00 bits per heavy atom. The summed E-state index contributed by atoms with van der Waals surface area (Å²) in [7, 11) is 0. The van der Waals surface area contributed by atoms with E-state index in [9.17, 15) is 4.79 Å². The SMILES string of the molecule is O=C(CSc1nnc(-c2cnccn2)n1Cc1ccco1)Nc1ccc(OCc2ccccc2)cc1. The van der Waals surface area contributed by atoms with Gasteiger partial charge in [-0.3, -0.25) is 14.3 Å². The molecule has 0 fully saturated rings. The van der Waals surface area contributed by atoms with Crippen LogP contribution in [0, 0.1) is 0 Å². The fourth-order valence-electron chi connectivity index (χ4n) is 3.40. The summed E-state index contributed by atoms with van der Waals surface area (Å²) in [6, 6.07) is 20.9. The summed E-state index contributed by atoms with van der Waals surface area (Å²) in [5, 5.41) is 12.0. The van der Waals surface area contributed by atoms with Gasteiger partial charge in [-0.1, -0.05) is 42.1 Å². The number of amides is 1. The lowest BCUT2D eigenvalue weighted by atomic mass is 10.2. The van der Waals surface area contributed by atoms with Gasteiger partial charge in [-0.25, -0.2) is 4.98 Å². The van der Waals surface area contributed by atoms with E-state index in [4.69, 9.17) is 9.15 Å². The molecule has 10 heteroatoms. The number of nitrogens with one attached hydrogen (secondary N) is 1. The molecule has 3 heterocycles. The van der Waals surface area contributed by atoms with E-state index in [0.717, 1.165) is 17.1 Å². The summed E-state index contributed by atoms with van der Waals surface area (Å²) in [5.74, 6) is 2.01. The first-order chi connectivity index (χ1) is 17.7. The molecule has 180 valence electrons. The fourth-order valence-corrected chi connectivity index (χ4v) is 4.14. The molecule has 0 unspecified atom stereocenters. The van der Waals surface area contributed by atoms with Crippen molar-refractivity contribution in [3.8, 4) is 17.3 Å². The van der Waals surface area contributed by atoms with Crippen molar-refractivity contribution in [3.05, 3.63) is 103 Å². The highest BCUT2D eigenvalue weighted by molar-refractivity contribution is 7.99. The lowest BCUT2D eigenvalue weighted by molar-refractivity contribution is -0.113. The molecule has 0 bridgehead atoms. The maximum absolute atomic E-state index is 12.6. The van der Waals surface area contributed by atoms with Gasteiger partial charge < -0.3 is 14.5 Å². The number of hydrogen-bond donors (Lipinski definition) is 1. The second-order valence-corrected chi connectivity index (χ2v) is 8.64. The first-order valence-electron chi connectivity index (χ1n) is 11.2. The third kappa shape index (κ3) is 5.97. The molecule has 3 aromatic heterocycles. The number of benzene rings is 2. The van der Waals surface area contributed by atoms with Crippen LogP contribution in [0.25, 0.3) is 11.5 Å². The Hall–Kier alpha value is -4.44. The minimum atomic E-state index is -0.161. The highest BCUT2D eigenvalue weighted by Crippen LogP contribution is 2.24. The molecule has 0 saturated carbocycles. The number of furan rings is 1. The topological polar surface area (TPSA) is 108 Å². The van der Waals surface area contributed by atoms with Crippen LogP contribution in [-0.2, 0) is 17.9 Å². The average molecular weight is 499 g/mol. The zero-order chi connectivity index (χ0) is 24.6. The molecule has 0 radical (unpaired) electrons. The van der Waals surface area contributed by atoms with E-state index >= 15 is 0 Å². The van der Waals surface area contributed by atoms with Crippen molar-refractivity contribution in [1.82, 2.24) is 24.7 Å².